The molecular formula is C19H21N3O4S. The van der Waals surface area contributed by atoms with Crippen LogP contribution in [0.2, 0.25) is 0 Å². The second-order valence-electron chi connectivity index (χ2n) is 6.76. The van der Waals surface area contributed by atoms with Crippen molar-refractivity contribution >= 4 is 26.8 Å². The van der Waals surface area contributed by atoms with E-state index in [2.05, 4.69) is 9.88 Å². The minimum atomic E-state index is -3.35. The standard InChI is InChI=1S/C19H21N3O4S/c1-14-4-2-3-5-15(14)13-27(24,25)22-10-8-21(9-11-22)16-6-7-17-18(12-16)26-19(23)20-17/h2-7,12H,8-11,13H2,1H3,(H,20,23). The van der Waals surface area contributed by atoms with Crippen LogP contribution < -0.4 is 10.7 Å². The van der Waals surface area contributed by atoms with Gasteiger partial charge in [0, 0.05) is 37.9 Å². The van der Waals surface area contributed by atoms with Gasteiger partial charge in [0.25, 0.3) is 0 Å². The molecule has 142 valence electrons. The molecule has 1 saturated heterocycles. The third-order valence-electron chi connectivity index (χ3n) is 5.00. The summed E-state index contributed by atoms with van der Waals surface area (Å²) in [5, 5.41) is 0. The van der Waals surface area contributed by atoms with Gasteiger partial charge >= 0.3 is 5.76 Å². The van der Waals surface area contributed by atoms with E-state index >= 15 is 0 Å². The molecule has 1 fully saturated rings. The molecule has 1 aliphatic heterocycles. The smallest absolute Gasteiger partial charge is 0.408 e. The molecule has 0 atom stereocenters. The second kappa shape index (κ2) is 6.86. The quantitative estimate of drug-likeness (QED) is 0.741. The van der Waals surface area contributed by atoms with Gasteiger partial charge in [-0.05, 0) is 30.2 Å². The fourth-order valence-corrected chi connectivity index (χ4v) is 5.03. The molecule has 8 heteroatoms. The number of aryl methyl sites for hydroxylation is 1. The average molecular weight is 387 g/mol. The molecule has 0 amide bonds. The van der Waals surface area contributed by atoms with E-state index in [1.165, 1.54) is 0 Å². The Kier molecular flexibility index (Phi) is 4.53. The highest BCUT2D eigenvalue weighted by atomic mass is 32.2. The fourth-order valence-electron chi connectivity index (χ4n) is 3.42. The van der Waals surface area contributed by atoms with E-state index in [0.717, 1.165) is 16.8 Å². The first-order valence-electron chi connectivity index (χ1n) is 8.82. The molecule has 1 aliphatic rings. The van der Waals surface area contributed by atoms with Crippen LogP contribution in [-0.4, -0.2) is 43.9 Å². The molecule has 1 aromatic heterocycles. The molecule has 0 aliphatic carbocycles. The summed E-state index contributed by atoms with van der Waals surface area (Å²) in [6.07, 6.45) is 0. The van der Waals surface area contributed by atoms with E-state index in [0.29, 0.717) is 37.3 Å². The molecule has 3 aromatic rings. The van der Waals surface area contributed by atoms with Gasteiger partial charge in [0.1, 0.15) is 0 Å². The van der Waals surface area contributed by atoms with E-state index in [4.69, 9.17) is 4.42 Å². The summed E-state index contributed by atoms with van der Waals surface area (Å²) in [4.78, 5) is 16.0. The summed E-state index contributed by atoms with van der Waals surface area (Å²) in [5.41, 5.74) is 3.91. The van der Waals surface area contributed by atoms with E-state index < -0.39 is 15.8 Å². The molecule has 0 spiro atoms. The highest BCUT2D eigenvalue weighted by Crippen LogP contribution is 2.23. The summed E-state index contributed by atoms with van der Waals surface area (Å²) in [6.45, 7) is 3.98. The van der Waals surface area contributed by atoms with Gasteiger partial charge in [-0.2, -0.15) is 4.31 Å². The third kappa shape index (κ3) is 3.63. The molecule has 0 unspecified atom stereocenters. The molecule has 0 saturated carbocycles. The molecule has 0 bridgehead atoms. The van der Waals surface area contributed by atoms with Crippen molar-refractivity contribution in [3.63, 3.8) is 0 Å². The number of fused-ring (bicyclic) bond motifs is 1. The van der Waals surface area contributed by atoms with Crippen molar-refractivity contribution in [1.82, 2.24) is 9.29 Å². The average Bonchev–Trinajstić information content (AvgIpc) is 3.03. The summed E-state index contributed by atoms with van der Waals surface area (Å²) in [6, 6.07) is 13.1. The number of sulfonamides is 1. The molecule has 7 nitrogen and oxygen atoms in total. The van der Waals surface area contributed by atoms with Gasteiger partial charge in [-0.25, -0.2) is 13.2 Å². The molecular weight excluding hydrogens is 366 g/mol. The molecule has 0 radical (unpaired) electrons. The van der Waals surface area contributed by atoms with Crippen molar-refractivity contribution in [2.75, 3.05) is 31.1 Å². The maximum atomic E-state index is 12.8. The Labute approximate surface area is 157 Å². The zero-order valence-corrected chi connectivity index (χ0v) is 15.8. The molecule has 2 heterocycles. The number of H-pyrrole nitrogens is 1. The molecule has 27 heavy (non-hydrogen) atoms. The number of rotatable bonds is 4. The number of nitrogens with one attached hydrogen (secondary N) is 1. The summed E-state index contributed by atoms with van der Waals surface area (Å²) in [7, 11) is -3.35. The van der Waals surface area contributed by atoms with Gasteiger partial charge in [-0.1, -0.05) is 24.3 Å². The Morgan fingerprint density at radius 1 is 1.07 bits per heavy atom. The van der Waals surface area contributed by atoms with Crippen molar-refractivity contribution in [3.05, 3.63) is 64.1 Å². The zero-order chi connectivity index (χ0) is 19.0. The Balaban J connectivity index is 1.46. The van der Waals surface area contributed by atoms with Crippen molar-refractivity contribution in [2.45, 2.75) is 12.7 Å². The zero-order valence-electron chi connectivity index (χ0n) is 15.0. The van der Waals surface area contributed by atoms with Crippen LogP contribution in [0.3, 0.4) is 0 Å². The van der Waals surface area contributed by atoms with Gasteiger partial charge in [0.05, 0.1) is 11.3 Å². The van der Waals surface area contributed by atoms with Crippen LogP contribution in [0.1, 0.15) is 11.1 Å². The summed E-state index contributed by atoms with van der Waals surface area (Å²) >= 11 is 0. The second-order valence-corrected chi connectivity index (χ2v) is 8.73. The van der Waals surface area contributed by atoms with Crippen LogP contribution in [0, 0.1) is 6.92 Å². The van der Waals surface area contributed by atoms with E-state index in [1.807, 2.05) is 43.3 Å². The van der Waals surface area contributed by atoms with Gasteiger partial charge in [-0.15, -0.1) is 0 Å². The lowest BCUT2D eigenvalue weighted by Crippen LogP contribution is -2.49. The van der Waals surface area contributed by atoms with Crippen molar-refractivity contribution in [2.24, 2.45) is 0 Å². The predicted octanol–water partition coefficient (Wildman–Crippen LogP) is 2.08. The van der Waals surface area contributed by atoms with Crippen LogP contribution in [0.15, 0.2) is 51.7 Å². The van der Waals surface area contributed by atoms with Crippen molar-refractivity contribution in [1.29, 1.82) is 0 Å². The number of anilines is 1. The number of piperazine rings is 1. The number of benzene rings is 2. The maximum Gasteiger partial charge on any atom is 0.417 e. The Bertz CT molecular complexity index is 1130. The highest BCUT2D eigenvalue weighted by molar-refractivity contribution is 7.88. The lowest BCUT2D eigenvalue weighted by Gasteiger charge is -2.35. The monoisotopic (exact) mass is 387 g/mol. The molecule has 2 aromatic carbocycles. The van der Waals surface area contributed by atoms with Gasteiger partial charge in [0.15, 0.2) is 5.58 Å². The van der Waals surface area contributed by atoms with Crippen LogP contribution in [0.4, 0.5) is 5.69 Å². The first-order chi connectivity index (χ1) is 12.9. The van der Waals surface area contributed by atoms with E-state index in [-0.39, 0.29) is 5.75 Å². The number of aromatic nitrogens is 1. The first kappa shape index (κ1) is 17.8. The third-order valence-corrected chi connectivity index (χ3v) is 6.83. The summed E-state index contributed by atoms with van der Waals surface area (Å²) in [5.74, 6) is -0.450. The maximum absolute atomic E-state index is 12.8. The van der Waals surface area contributed by atoms with Gasteiger partial charge < -0.3 is 9.32 Å². The highest BCUT2D eigenvalue weighted by Gasteiger charge is 2.27. The van der Waals surface area contributed by atoms with Crippen molar-refractivity contribution in [3.8, 4) is 0 Å². The number of oxazole rings is 1. The molecule has 4 rings (SSSR count). The Morgan fingerprint density at radius 2 is 1.81 bits per heavy atom. The van der Waals surface area contributed by atoms with Gasteiger partial charge in [-0.3, -0.25) is 4.98 Å². The van der Waals surface area contributed by atoms with Crippen LogP contribution in [0.25, 0.3) is 11.1 Å². The topological polar surface area (TPSA) is 86.6 Å². The Hall–Kier alpha value is -2.58. The number of nitrogens with zero attached hydrogens (tertiary/aromatic N) is 2. The first-order valence-corrected chi connectivity index (χ1v) is 10.4. The lowest BCUT2D eigenvalue weighted by molar-refractivity contribution is 0.384. The minimum Gasteiger partial charge on any atom is -0.408 e. The fraction of sp³-hybridized carbons (Fsp3) is 0.316. The lowest BCUT2D eigenvalue weighted by atomic mass is 10.1. The Morgan fingerprint density at radius 3 is 2.56 bits per heavy atom. The van der Waals surface area contributed by atoms with E-state index in [9.17, 15) is 13.2 Å². The number of hydrogen-bond donors (Lipinski definition) is 1. The van der Waals surface area contributed by atoms with E-state index in [1.54, 1.807) is 10.4 Å². The minimum absolute atomic E-state index is 0.0279. The normalized spacial score (nSPS) is 16.1. The van der Waals surface area contributed by atoms with Gasteiger partial charge in [0.2, 0.25) is 10.0 Å². The van der Waals surface area contributed by atoms with Crippen LogP contribution in [-0.2, 0) is 15.8 Å². The van der Waals surface area contributed by atoms with Crippen LogP contribution >= 0.6 is 0 Å². The SMILES string of the molecule is Cc1ccccc1CS(=O)(=O)N1CCN(c2ccc3[nH]c(=O)oc3c2)CC1. The summed E-state index contributed by atoms with van der Waals surface area (Å²) < 4.78 is 32.2. The van der Waals surface area contributed by atoms with Crippen LogP contribution in [0.5, 0.6) is 0 Å². The predicted molar refractivity (Wildman–Crippen MR) is 104 cm³/mol. The largest absolute Gasteiger partial charge is 0.417 e. The molecule has 1 N–H and O–H groups in total. The number of hydrogen-bond acceptors (Lipinski definition) is 5. The van der Waals surface area contributed by atoms with Crippen molar-refractivity contribution < 1.29 is 12.8 Å². The number of aromatic amines is 1.